The Morgan fingerprint density at radius 2 is 2.04 bits per heavy atom. The van der Waals surface area contributed by atoms with Gasteiger partial charge in [-0.25, -0.2) is 9.78 Å². The van der Waals surface area contributed by atoms with Crippen molar-refractivity contribution in [2.45, 2.75) is 53.1 Å². The van der Waals surface area contributed by atoms with E-state index in [9.17, 15) is 14.7 Å². The third-order valence-corrected chi connectivity index (χ3v) is 6.00. The topological polar surface area (TPSA) is 79.7 Å². The van der Waals surface area contributed by atoms with Crippen molar-refractivity contribution in [3.63, 3.8) is 0 Å². The fourth-order valence-corrected chi connectivity index (χ4v) is 3.53. The van der Waals surface area contributed by atoms with Crippen LogP contribution in [0.4, 0.5) is 4.79 Å². The molecule has 0 aromatic carbocycles. The predicted molar refractivity (Wildman–Crippen MR) is 97.1 cm³/mol. The second-order valence-electron chi connectivity index (χ2n) is 7.73. The molecule has 0 bridgehead atoms. The minimum atomic E-state index is -0.957. The molecule has 0 radical (unpaired) electrons. The van der Waals surface area contributed by atoms with Gasteiger partial charge in [0.1, 0.15) is 6.10 Å². The molecule has 1 aromatic rings. The van der Waals surface area contributed by atoms with Crippen LogP contribution in [0.25, 0.3) is 0 Å². The number of carbonyl (C=O) groups is 2. The lowest BCUT2D eigenvalue weighted by atomic mass is 9.74. The zero-order valence-corrected chi connectivity index (χ0v) is 16.6. The summed E-state index contributed by atoms with van der Waals surface area (Å²) in [5.74, 6) is -0.274. The zero-order chi connectivity index (χ0) is 18.8. The van der Waals surface area contributed by atoms with E-state index in [1.165, 1.54) is 16.2 Å². The molecule has 1 N–H and O–H groups in total. The molecule has 1 amide bonds. The molecule has 1 fully saturated rings. The highest BCUT2D eigenvalue weighted by atomic mass is 35.5. The van der Waals surface area contributed by atoms with Gasteiger partial charge in [-0.3, -0.25) is 4.79 Å². The number of thiazole rings is 1. The van der Waals surface area contributed by atoms with Crippen molar-refractivity contribution in [1.82, 2.24) is 9.88 Å². The lowest BCUT2D eigenvalue weighted by Gasteiger charge is -2.40. The summed E-state index contributed by atoms with van der Waals surface area (Å²) >= 11 is 7.24. The minimum Gasteiger partial charge on any atom is -0.465 e. The highest BCUT2D eigenvalue weighted by Gasteiger charge is 2.45. The van der Waals surface area contributed by atoms with E-state index in [2.05, 4.69) is 4.98 Å². The van der Waals surface area contributed by atoms with Gasteiger partial charge in [-0.1, -0.05) is 32.4 Å². The number of rotatable bonds is 4. The van der Waals surface area contributed by atoms with Gasteiger partial charge in [-0.15, -0.1) is 11.3 Å². The number of esters is 1. The third kappa shape index (κ3) is 4.85. The van der Waals surface area contributed by atoms with Crippen LogP contribution in [-0.4, -0.2) is 46.2 Å². The maximum atomic E-state index is 13.0. The number of hydrogen-bond donors (Lipinski definition) is 1. The molecular weight excluding hydrogens is 364 g/mol. The Balaban J connectivity index is 2.20. The number of amides is 1. The molecule has 2 heterocycles. The van der Waals surface area contributed by atoms with Gasteiger partial charge in [0.05, 0.1) is 11.1 Å². The molecule has 1 aromatic heterocycles. The number of hydrogen-bond acceptors (Lipinski definition) is 5. The van der Waals surface area contributed by atoms with Crippen LogP contribution in [-0.2, 0) is 16.0 Å². The predicted octanol–water partition coefficient (Wildman–Crippen LogP) is 4.08. The molecule has 1 aliphatic rings. The summed E-state index contributed by atoms with van der Waals surface area (Å²) in [7, 11) is 0. The third-order valence-electron chi connectivity index (χ3n) is 4.97. The van der Waals surface area contributed by atoms with E-state index in [1.54, 1.807) is 0 Å². The van der Waals surface area contributed by atoms with Crippen molar-refractivity contribution >= 4 is 35.0 Å². The Morgan fingerprint density at radius 3 is 2.48 bits per heavy atom. The Kier molecular flexibility index (Phi) is 5.99. The fourth-order valence-electron chi connectivity index (χ4n) is 2.75. The van der Waals surface area contributed by atoms with E-state index < -0.39 is 11.5 Å². The van der Waals surface area contributed by atoms with Crippen molar-refractivity contribution < 1.29 is 19.4 Å². The molecule has 1 saturated heterocycles. The SMILES string of the molecule is CC(OC(=O)C1(Cc2csc(Cl)n2)CCN(C(=O)O)CC1)C(C)(C)C. The fraction of sp³-hybridized carbons (Fsp3) is 0.706. The molecule has 1 aliphatic heterocycles. The van der Waals surface area contributed by atoms with Gasteiger partial charge < -0.3 is 14.7 Å². The number of ether oxygens (including phenoxy) is 1. The quantitative estimate of drug-likeness (QED) is 0.786. The Labute approximate surface area is 157 Å². The van der Waals surface area contributed by atoms with E-state index in [0.29, 0.717) is 36.8 Å². The Bertz CT molecular complexity index is 633. The average molecular weight is 389 g/mol. The number of piperidine rings is 1. The van der Waals surface area contributed by atoms with Crippen LogP contribution in [0.2, 0.25) is 4.47 Å². The number of carboxylic acid groups (broad SMARTS) is 1. The molecule has 6 nitrogen and oxygen atoms in total. The lowest BCUT2D eigenvalue weighted by molar-refractivity contribution is -0.169. The van der Waals surface area contributed by atoms with Crippen LogP contribution < -0.4 is 0 Å². The second-order valence-corrected chi connectivity index (χ2v) is 9.17. The van der Waals surface area contributed by atoms with Gasteiger partial charge in [0.25, 0.3) is 0 Å². The maximum Gasteiger partial charge on any atom is 0.407 e. The van der Waals surface area contributed by atoms with Crippen LogP contribution in [0.3, 0.4) is 0 Å². The molecular formula is C17H25ClN2O4S. The highest BCUT2D eigenvalue weighted by molar-refractivity contribution is 7.13. The molecule has 1 atom stereocenters. The monoisotopic (exact) mass is 388 g/mol. The summed E-state index contributed by atoms with van der Waals surface area (Å²) in [6, 6.07) is 0. The van der Waals surface area contributed by atoms with E-state index in [0.717, 1.165) is 5.69 Å². The zero-order valence-electron chi connectivity index (χ0n) is 15.0. The summed E-state index contributed by atoms with van der Waals surface area (Å²) in [6.45, 7) is 8.57. The number of likely N-dealkylation sites (tertiary alicyclic amines) is 1. The van der Waals surface area contributed by atoms with Crippen LogP contribution in [0.5, 0.6) is 0 Å². The number of halogens is 1. The van der Waals surface area contributed by atoms with Gasteiger partial charge in [0.15, 0.2) is 4.47 Å². The first kappa shape index (κ1) is 20.0. The molecule has 0 aliphatic carbocycles. The van der Waals surface area contributed by atoms with Crippen LogP contribution in [0.1, 0.15) is 46.2 Å². The lowest BCUT2D eigenvalue weighted by Crippen LogP contribution is -2.49. The van der Waals surface area contributed by atoms with Crippen molar-refractivity contribution in [2.24, 2.45) is 10.8 Å². The van der Waals surface area contributed by atoms with Gasteiger partial charge in [-0.2, -0.15) is 0 Å². The van der Waals surface area contributed by atoms with Crippen LogP contribution >= 0.6 is 22.9 Å². The van der Waals surface area contributed by atoms with Crippen LogP contribution in [0.15, 0.2) is 5.38 Å². The maximum absolute atomic E-state index is 13.0. The Morgan fingerprint density at radius 1 is 1.44 bits per heavy atom. The molecule has 2 rings (SSSR count). The second kappa shape index (κ2) is 7.50. The van der Waals surface area contributed by atoms with Crippen molar-refractivity contribution in [3.05, 3.63) is 15.5 Å². The average Bonchev–Trinajstić information content (AvgIpc) is 2.91. The molecule has 0 saturated carbocycles. The van der Waals surface area contributed by atoms with E-state index >= 15 is 0 Å². The van der Waals surface area contributed by atoms with Crippen LogP contribution in [0, 0.1) is 10.8 Å². The first-order valence-electron chi connectivity index (χ1n) is 8.32. The smallest absolute Gasteiger partial charge is 0.407 e. The number of carbonyl (C=O) groups excluding carboxylic acids is 1. The summed E-state index contributed by atoms with van der Waals surface area (Å²) in [5, 5.41) is 11.0. The van der Waals surface area contributed by atoms with Crippen molar-refractivity contribution in [1.29, 1.82) is 0 Å². The highest BCUT2D eigenvalue weighted by Crippen LogP contribution is 2.38. The molecule has 140 valence electrons. The summed E-state index contributed by atoms with van der Waals surface area (Å²) in [6.07, 6.45) is 0.0586. The van der Waals surface area contributed by atoms with Gasteiger partial charge in [0.2, 0.25) is 0 Å². The summed E-state index contributed by atoms with van der Waals surface area (Å²) in [4.78, 5) is 29.8. The Hall–Kier alpha value is -1.34. The minimum absolute atomic E-state index is 0.164. The molecule has 1 unspecified atom stereocenters. The molecule has 0 spiro atoms. The standard InChI is InChI=1S/C17H25ClN2O4S/c1-11(16(2,3)4)24-13(21)17(9-12-10-25-14(18)19-12)5-7-20(8-6-17)15(22)23/h10-11H,5-9H2,1-4H3,(H,22,23). The van der Waals surface area contributed by atoms with Crippen molar-refractivity contribution in [2.75, 3.05) is 13.1 Å². The summed E-state index contributed by atoms with van der Waals surface area (Å²) in [5.41, 5.74) is -0.176. The van der Waals surface area contributed by atoms with Gasteiger partial charge in [-0.05, 0) is 25.2 Å². The van der Waals surface area contributed by atoms with Gasteiger partial charge in [0, 0.05) is 24.9 Å². The van der Waals surface area contributed by atoms with Gasteiger partial charge >= 0.3 is 12.1 Å². The van der Waals surface area contributed by atoms with E-state index in [1.807, 2.05) is 33.1 Å². The molecule has 25 heavy (non-hydrogen) atoms. The molecule has 8 heteroatoms. The number of nitrogens with zero attached hydrogens (tertiary/aromatic N) is 2. The largest absolute Gasteiger partial charge is 0.465 e. The summed E-state index contributed by atoms with van der Waals surface area (Å²) < 4.78 is 6.20. The number of aromatic nitrogens is 1. The normalized spacial score (nSPS) is 18.7. The van der Waals surface area contributed by atoms with E-state index in [-0.39, 0.29) is 17.5 Å². The van der Waals surface area contributed by atoms with E-state index in [4.69, 9.17) is 16.3 Å². The first-order chi connectivity index (χ1) is 11.5. The van der Waals surface area contributed by atoms with Crippen molar-refractivity contribution in [3.8, 4) is 0 Å². The first-order valence-corrected chi connectivity index (χ1v) is 9.58.